The number of aromatic nitrogens is 1. The first kappa shape index (κ1) is 9.66. The number of allylic oxidation sites excluding steroid dienone is 4. The van der Waals surface area contributed by atoms with Crippen molar-refractivity contribution >= 4 is 10.8 Å². The van der Waals surface area contributed by atoms with Gasteiger partial charge in [0.2, 0.25) is 0 Å². The Balaban J connectivity index is 0.000000144. The lowest BCUT2D eigenvalue weighted by Crippen LogP contribution is -1.71. The van der Waals surface area contributed by atoms with Gasteiger partial charge in [-0.25, -0.2) is 0 Å². The molecule has 0 aliphatic heterocycles. The molecule has 0 saturated carbocycles. The number of fused-ring (bicyclic) bond motifs is 1. The number of hydrogen-bond donors (Lipinski definition) is 0. The van der Waals surface area contributed by atoms with Gasteiger partial charge in [0.15, 0.2) is 0 Å². The lowest BCUT2D eigenvalue weighted by molar-refractivity contribution is 1.36. The smallest absolute Gasteiger partial charge is 0.0346 e. The zero-order valence-electron chi connectivity index (χ0n) is 8.51. The summed E-state index contributed by atoms with van der Waals surface area (Å²) in [6.07, 6.45) is 13.2. The van der Waals surface area contributed by atoms with E-state index >= 15 is 0 Å². The van der Waals surface area contributed by atoms with Crippen molar-refractivity contribution in [2.45, 2.75) is 6.42 Å². The summed E-state index contributed by atoms with van der Waals surface area (Å²) in [6, 6.07) is 10.2. The van der Waals surface area contributed by atoms with E-state index in [9.17, 15) is 0 Å². The van der Waals surface area contributed by atoms with Crippen LogP contribution < -0.4 is 0 Å². The van der Waals surface area contributed by atoms with Gasteiger partial charge in [-0.3, -0.25) is 4.98 Å². The van der Waals surface area contributed by atoms with Crippen molar-refractivity contribution in [2.75, 3.05) is 0 Å². The minimum Gasteiger partial charge on any atom is -0.264 e. The molecule has 1 nitrogen and oxygen atoms in total. The van der Waals surface area contributed by atoms with Crippen LogP contribution in [0.5, 0.6) is 0 Å². The highest BCUT2D eigenvalue weighted by molar-refractivity contribution is 5.80. The average molecular weight is 195 g/mol. The molecule has 0 saturated heterocycles. The molecule has 0 bridgehead atoms. The number of benzene rings is 1. The molecule has 0 N–H and O–H groups in total. The quantitative estimate of drug-likeness (QED) is 0.624. The molecule has 2 aromatic rings. The average Bonchev–Trinajstić information content (AvgIpc) is 2.88. The van der Waals surface area contributed by atoms with Gasteiger partial charge in [-0.05, 0) is 23.3 Å². The van der Waals surface area contributed by atoms with Gasteiger partial charge in [-0.15, -0.1) is 0 Å². The highest BCUT2D eigenvalue weighted by Crippen LogP contribution is 2.09. The van der Waals surface area contributed by atoms with Crippen molar-refractivity contribution in [1.82, 2.24) is 4.98 Å². The summed E-state index contributed by atoms with van der Waals surface area (Å²) in [5.41, 5.74) is 0. The summed E-state index contributed by atoms with van der Waals surface area (Å²) >= 11 is 0. The normalized spacial score (nSPS) is 12.5. The van der Waals surface area contributed by atoms with Crippen LogP contribution in [0.1, 0.15) is 6.42 Å². The molecule has 1 aliphatic rings. The first-order chi connectivity index (χ1) is 7.47. The third-order valence-corrected chi connectivity index (χ3v) is 2.21. The lowest BCUT2D eigenvalue weighted by atomic mass is 10.2. The fourth-order valence-electron chi connectivity index (χ4n) is 1.42. The Kier molecular flexibility index (Phi) is 3.29. The van der Waals surface area contributed by atoms with Gasteiger partial charge in [0.05, 0.1) is 0 Å². The molecule has 1 aromatic carbocycles. The molecular weight excluding hydrogens is 182 g/mol. The fraction of sp³-hybridized carbons (Fsp3) is 0.0714. The second-order valence-corrected chi connectivity index (χ2v) is 3.31. The summed E-state index contributed by atoms with van der Waals surface area (Å²) in [5, 5.41) is 2.45. The SMILES string of the molecule is C1=CCC=C1.c1ccc2cnccc2c1. The van der Waals surface area contributed by atoms with Gasteiger partial charge in [0.1, 0.15) is 0 Å². The van der Waals surface area contributed by atoms with E-state index in [1.807, 2.05) is 30.6 Å². The maximum absolute atomic E-state index is 4.01. The molecule has 3 rings (SSSR count). The molecule has 0 spiro atoms. The molecule has 0 atom stereocenters. The van der Waals surface area contributed by atoms with Gasteiger partial charge < -0.3 is 0 Å². The van der Waals surface area contributed by atoms with Crippen LogP contribution >= 0.6 is 0 Å². The molecule has 0 fully saturated rings. The van der Waals surface area contributed by atoms with E-state index in [-0.39, 0.29) is 0 Å². The van der Waals surface area contributed by atoms with Crippen molar-refractivity contribution in [2.24, 2.45) is 0 Å². The molecule has 1 heterocycles. The highest BCUT2D eigenvalue weighted by atomic mass is 14.6. The maximum atomic E-state index is 4.01. The third kappa shape index (κ3) is 2.78. The summed E-state index contributed by atoms with van der Waals surface area (Å²) in [4.78, 5) is 4.01. The summed E-state index contributed by atoms with van der Waals surface area (Å²) in [7, 11) is 0. The molecule has 0 unspecified atom stereocenters. The van der Waals surface area contributed by atoms with Gasteiger partial charge in [0, 0.05) is 12.4 Å². The Morgan fingerprint density at radius 2 is 1.60 bits per heavy atom. The molecule has 0 amide bonds. The van der Waals surface area contributed by atoms with Crippen LogP contribution in [0.3, 0.4) is 0 Å². The molecule has 1 aliphatic carbocycles. The Morgan fingerprint density at radius 1 is 0.867 bits per heavy atom. The largest absolute Gasteiger partial charge is 0.264 e. The van der Waals surface area contributed by atoms with E-state index in [1.165, 1.54) is 10.8 Å². The van der Waals surface area contributed by atoms with E-state index < -0.39 is 0 Å². The maximum Gasteiger partial charge on any atom is 0.0346 e. The van der Waals surface area contributed by atoms with E-state index in [4.69, 9.17) is 0 Å². The van der Waals surface area contributed by atoms with Crippen LogP contribution in [0, 0.1) is 0 Å². The summed E-state index contributed by atoms with van der Waals surface area (Å²) in [5.74, 6) is 0. The first-order valence-corrected chi connectivity index (χ1v) is 5.07. The second-order valence-electron chi connectivity index (χ2n) is 3.31. The Morgan fingerprint density at radius 3 is 2.20 bits per heavy atom. The Hall–Kier alpha value is -1.89. The summed E-state index contributed by atoms with van der Waals surface area (Å²) in [6.45, 7) is 0. The zero-order valence-corrected chi connectivity index (χ0v) is 8.51. The molecule has 1 aromatic heterocycles. The predicted molar refractivity (Wildman–Crippen MR) is 64.6 cm³/mol. The van der Waals surface area contributed by atoms with Crippen LogP contribution in [0.25, 0.3) is 10.8 Å². The van der Waals surface area contributed by atoms with Crippen molar-refractivity contribution in [3.05, 3.63) is 67.0 Å². The van der Waals surface area contributed by atoms with Crippen LogP contribution in [0.4, 0.5) is 0 Å². The Labute approximate surface area is 89.8 Å². The molecule has 74 valence electrons. The topological polar surface area (TPSA) is 12.9 Å². The highest BCUT2D eigenvalue weighted by Gasteiger charge is 1.86. The van der Waals surface area contributed by atoms with Crippen molar-refractivity contribution < 1.29 is 0 Å². The minimum absolute atomic E-state index is 1.14. The van der Waals surface area contributed by atoms with Crippen LogP contribution in [0.15, 0.2) is 67.0 Å². The van der Waals surface area contributed by atoms with Gasteiger partial charge >= 0.3 is 0 Å². The number of nitrogens with zero attached hydrogens (tertiary/aromatic N) is 1. The van der Waals surface area contributed by atoms with Gasteiger partial charge in [-0.2, -0.15) is 0 Å². The number of hydrogen-bond acceptors (Lipinski definition) is 1. The molecular formula is C14H13N. The van der Waals surface area contributed by atoms with Crippen LogP contribution in [0.2, 0.25) is 0 Å². The van der Waals surface area contributed by atoms with Crippen molar-refractivity contribution in [1.29, 1.82) is 0 Å². The monoisotopic (exact) mass is 195 g/mol. The van der Waals surface area contributed by atoms with Crippen molar-refractivity contribution in [3.8, 4) is 0 Å². The first-order valence-electron chi connectivity index (χ1n) is 5.07. The van der Waals surface area contributed by atoms with Gasteiger partial charge in [0.25, 0.3) is 0 Å². The van der Waals surface area contributed by atoms with E-state index in [0.717, 1.165) is 6.42 Å². The minimum atomic E-state index is 1.14. The third-order valence-electron chi connectivity index (χ3n) is 2.21. The number of rotatable bonds is 0. The van der Waals surface area contributed by atoms with Crippen LogP contribution in [-0.4, -0.2) is 4.98 Å². The summed E-state index contributed by atoms with van der Waals surface area (Å²) < 4.78 is 0. The van der Waals surface area contributed by atoms with E-state index in [0.29, 0.717) is 0 Å². The van der Waals surface area contributed by atoms with Crippen LogP contribution in [-0.2, 0) is 0 Å². The van der Waals surface area contributed by atoms with E-state index in [1.54, 1.807) is 0 Å². The zero-order chi connectivity index (χ0) is 10.3. The lowest BCUT2D eigenvalue weighted by Gasteiger charge is -1.91. The number of pyridine rings is 1. The molecule has 1 heteroatoms. The van der Waals surface area contributed by atoms with E-state index in [2.05, 4.69) is 41.4 Å². The molecule has 15 heavy (non-hydrogen) atoms. The second kappa shape index (κ2) is 5.11. The van der Waals surface area contributed by atoms with Gasteiger partial charge in [-0.1, -0.05) is 48.6 Å². The molecule has 0 radical (unpaired) electrons. The standard InChI is InChI=1S/C9H7N.C5H6/c1-2-4-9-7-10-6-5-8(9)3-1;1-2-4-5-3-1/h1-7H;1-4H,5H2. The Bertz CT molecular complexity index is 408. The fourth-order valence-corrected chi connectivity index (χ4v) is 1.42. The predicted octanol–water partition coefficient (Wildman–Crippen LogP) is 3.74. The van der Waals surface area contributed by atoms with Crippen molar-refractivity contribution in [3.63, 3.8) is 0 Å².